The maximum absolute atomic E-state index is 5.75. The topological polar surface area (TPSA) is 37.4 Å². The first kappa shape index (κ1) is 14.1. The molecule has 2 heterocycles. The second-order valence-electron chi connectivity index (χ2n) is 5.22. The van der Waals surface area contributed by atoms with Gasteiger partial charge in [-0.25, -0.2) is 0 Å². The van der Waals surface area contributed by atoms with Crippen LogP contribution in [0.3, 0.4) is 0 Å². The highest BCUT2D eigenvalue weighted by molar-refractivity contribution is 5.56. The molecule has 2 unspecified atom stereocenters. The molecule has 0 bridgehead atoms. The van der Waals surface area contributed by atoms with Crippen LogP contribution in [0.15, 0.2) is 18.5 Å². The molecular weight excluding hydrogens is 238 g/mol. The standard InChI is InChI=1S/C15H25N3O/c1-4-6-17-13-7-15(9-16-8-13)18-10-12(3)19-11-14(18)5-2/h7-9,12,14,17H,4-6,10-11H2,1-3H3. The van der Waals surface area contributed by atoms with E-state index in [9.17, 15) is 0 Å². The third-order valence-electron chi connectivity index (χ3n) is 3.57. The summed E-state index contributed by atoms with van der Waals surface area (Å²) < 4.78 is 5.75. The molecule has 1 N–H and O–H groups in total. The molecular formula is C15H25N3O. The van der Waals surface area contributed by atoms with Crippen LogP contribution in [0.25, 0.3) is 0 Å². The van der Waals surface area contributed by atoms with Crippen LogP contribution >= 0.6 is 0 Å². The normalized spacial score (nSPS) is 23.4. The highest BCUT2D eigenvalue weighted by Crippen LogP contribution is 2.25. The summed E-state index contributed by atoms with van der Waals surface area (Å²) in [6, 6.07) is 2.66. The Morgan fingerprint density at radius 2 is 2.26 bits per heavy atom. The van der Waals surface area contributed by atoms with E-state index < -0.39 is 0 Å². The third kappa shape index (κ3) is 3.60. The summed E-state index contributed by atoms with van der Waals surface area (Å²) in [6.45, 7) is 9.25. The number of anilines is 2. The number of hydrogen-bond acceptors (Lipinski definition) is 4. The molecule has 1 aromatic rings. The molecule has 0 saturated carbocycles. The van der Waals surface area contributed by atoms with Crippen LogP contribution in [-0.4, -0.2) is 36.8 Å². The Bertz CT molecular complexity index is 397. The van der Waals surface area contributed by atoms with Crippen molar-refractivity contribution in [2.45, 2.75) is 45.8 Å². The van der Waals surface area contributed by atoms with Crippen LogP contribution in [-0.2, 0) is 4.74 Å². The van der Waals surface area contributed by atoms with Crippen molar-refractivity contribution in [1.29, 1.82) is 0 Å². The fraction of sp³-hybridized carbons (Fsp3) is 0.667. The van der Waals surface area contributed by atoms with E-state index in [1.807, 2.05) is 12.4 Å². The molecule has 0 aromatic carbocycles. The Balaban J connectivity index is 2.13. The van der Waals surface area contributed by atoms with Crippen molar-refractivity contribution in [3.63, 3.8) is 0 Å². The minimum absolute atomic E-state index is 0.287. The fourth-order valence-electron chi connectivity index (χ4n) is 2.45. The molecule has 4 heteroatoms. The van der Waals surface area contributed by atoms with Crippen molar-refractivity contribution in [3.05, 3.63) is 18.5 Å². The summed E-state index contributed by atoms with van der Waals surface area (Å²) in [7, 11) is 0. The number of hydrogen-bond donors (Lipinski definition) is 1. The van der Waals surface area contributed by atoms with Crippen molar-refractivity contribution >= 4 is 11.4 Å². The average Bonchev–Trinajstić information content (AvgIpc) is 2.45. The van der Waals surface area contributed by atoms with Crippen LogP contribution in [0.1, 0.15) is 33.6 Å². The van der Waals surface area contributed by atoms with Crippen molar-refractivity contribution in [1.82, 2.24) is 4.98 Å². The molecule has 19 heavy (non-hydrogen) atoms. The molecule has 106 valence electrons. The monoisotopic (exact) mass is 263 g/mol. The lowest BCUT2D eigenvalue weighted by molar-refractivity contribution is 0.0299. The molecule has 1 aromatic heterocycles. The number of nitrogens with zero attached hydrogens (tertiary/aromatic N) is 2. The zero-order chi connectivity index (χ0) is 13.7. The lowest BCUT2D eigenvalue weighted by Gasteiger charge is -2.39. The third-order valence-corrected chi connectivity index (χ3v) is 3.57. The summed E-state index contributed by atoms with van der Waals surface area (Å²) >= 11 is 0. The molecule has 0 amide bonds. The second kappa shape index (κ2) is 6.75. The number of aromatic nitrogens is 1. The van der Waals surface area contributed by atoms with Crippen molar-refractivity contribution < 1.29 is 4.74 Å². The molecule has 0 spiro atoms. The zero-order valence-corrected chi connectivity index (χ0v) is 12.2. The van der Waals surface area contributed by atoms with Crippen LogP contribution in [0.5, 0.6) is 0 Å². The lowest BCUT2D eigenvalue weighted by atomic mass is 10.1. The minimum Gasteiger partial charge on any atom is -0.384 e. The number of nitrogens with one attached hydrogen (secondary N) is 1. The van der Waals surface area contributed by atoms with E-state index in [1.54, 1.807) is 0 Å². The summed E-state index contributed by atoms with van der Waals surface area (Å²) in [5.41, 5.74) is 2.30. The van der Waals surface area contributed by atoms with E-state index in [0.29, 0.717) is 6.04 Å². The van der Waals surface area contributed by atoms with Gasteiger partial charge in [-0.1, -0.05) is 13.8 Å². The van der Waals surface area contributed by atoms with Gasteiger partial charge in [0.05, 0.1) is 42.5 Å². The highest BCUT2D eigenvalue weighted by Gasteiger charge is 2.25. The van der Waals surface area contributed by atoms with Gasteiger partial charge >= 0.3 is 0 Å². The Labute approximate surface area is 116 Å². The van der Waals surface area contributed by atoms with Crippen LogP contribution in [0, 0.1) is 0 Å². The first-order chi connectivity index (χ1) is 9.24. The molecule has 0 aliphatic carbocycles. The van der Waals surface area contributed by atoms with Crippen LogP contribution < -0.4 is 10.2 Å². The van der Waals surface area contributed by atoms with Gasteiger partial charge in [-0.05, 0) is 25.8 Å². The predicted octanol–water partition coefficient (Wildman–Crippen LogP) is 2.91. The van der Waals surface area contributed by atoms with Gasteiger partial charge < -0.3 is 15.0 Å². The minimum atomic E-state index is 0.287. The Hall–Kier alpha value is -1.29. The number of ether oxygens (including phenoxy) is 1. The van der Waals surface area contributed by atoms with Gasteiger partial charge in [0.25, 0.3) is 0 Å². The molecule has 4 nitrogen and oxygen atoms in total. The number of pyridine rings is 1. The smallest absolute Gasteiger partial charge is 0.0723 e. The molecule has 0 radical (unpaired) electrons. The number of morpholine rings is 1. The van der Waals surface area contributed by atoms with Crippen molar-refractivity contribution in [3.8, 4) is 0 Å². The summed E-state index contributed by atoms with van der Waals surface area (Å²) in [5.74, 6) is 0. The van der Waals surface area contributed by atoms with Gasteiger partial charge in [-0.15, -0.1) is 0 Å². The first-order valence-electron chi connectivity index (χ1n) is 7.31. The molecule has 2 rings (SSSR count). The van der Waals surface area contributed by atoms with E-state index in [4.69, 9.17) is 4.74 Å². The van der Waals surface area contributed by atoms with Gasteiger partial charge in [-0.3, -0.25) is 4.98 Å². The molecule has 1 aliphatic heterocycles. The Kier molecular flexibility index (Phi) is 5.02. The summed E-state index contributed by atoms with van der Waals surface area (Å²) in [4.78, 5) is 6.79. The average molecular weight is 263 g/mol. The van der Waals surface area contributed by atoms with E-state index in [2.05, 4.69) is 42.0 Å². The maximum Gasteiger partial charge on any atom is 0.0723 e. The van der Waals surface area contributed by atoms with Gasteiger partial charge in [-0.2, -0.15) is 0 Å². The van der Waals surface area contributed by atoms with E-state index in [0.717, 1.165) is 38.2 Å². The zero-order valence-electron chi connectivity index (χ0n) is 12.2. The molecule has 1 fully saturated rings. The Morgan fingerprint density at radius 1 is 1.42 bits per heavy atom. The van der Waals surface area contributed by atoms with E-state index in [1.165, 1.54) is 5.69 Å². The van der Waals surface area contributed by atoms with E-state index in [-0.39, 0.29) is 6.10 Å². The van der Waals surface area contributed by atoms with Crippen LogP contribution in [0.2, 0.25) is 0 Å². The Morgan fingerprint density at radius 3 is 3.00 bits per heavy atom. The van der Waals surface area contributed by atoms with Crippen LogP contribution in [0.4, 0.5) is 11.4 Å². The lowest BCUT2D eigenvalue weighted by Crippen LogP contribution is -2.48. The van der Waals surface area contributed by atoms with Gasteiger partial charge in [0, 0.05) is 13.1 Å². The van der Waals surface area contributed by atoms with Crippen molar-refractivity contribution in [2.75, 3.05) is 29.9 Å². The maximum atomic E-state index is 5.75. The molecule has 1 saturated heterocycles. The molecule has 2 atom stereocenters. The van der Waals surface area contributed by atoms with Gasteiger partial charge in [0.1, 0.15) is 0 Å². The molecule has 1 aliphatic rings. The number of rotatable bonds is 5. The van der Waals surface area contributed by atoms with E-state index >= 15 is 0 Å². The second-order valence-corrected chi connectivity index (χ2v) is 5.22. The predicted molar refractivity (Wildman–Crippen MR) is 79.9 cm³/mol. The largest absolute Gasteiger partial charge is 0.384 e. The van der Waals surface area contributed by atoms with Gasteiger partial charge in [0.15, 0.2) is 0 Å². The summed E-state index contributed by atoms with van der Waals surface area (Å²) in [5, 5.41) is 3.40. The summed E-state index contributed by atoms with van der Waals surface area (Å²) in [6.07, 6.45) is 6.35. The fourth-order valence-corrected chi connectivity index (χ4v) is 2.45. The van der Waals surface area contributed by atoms with Gasteiger partial charge in [0.2, 0.25) is 0 Å². The quantitative estimate of drug-likeness (QED) is 0.886. The van der Waals surface area contributed by atoms with Crippen molar-refractivity contribution in [2.24, 2.45) is 0 Å². The first-order valence-corrected chi connectivity index (χ1v) is 7.31. The highest BCUT2D eigenvalue weighted by atomic mass is 16.5. The SMILES string of the molecule is CCCNc1cncc(N2CC(C)OCC2CC)c1.